The molecule has 4 aromatic rings. The maximum absolute atomic E-state index is 10.8. The van der Waals surface area contributed by atoms with Gasteiger partial charge in [0.25, 0.3) is 0 Å². The van der Waals surface area contributed by atoms with Crippen molar-refractivity contribution in [1.82, 2.24) is 29.9 Å². The van der Waals surface area contributed by atoms with Gasteiger partial charge in [-0.3, -0.25) is 14.6 Å². The Morgan fingerprint density at radius 1 is 1.23 bits per heavy atom. The van der Waals surface area contributed by atoms with Crippen LogP contribution in [0.5, 0.6) is 5.75 Å². The Balaban J connectivity index is 1.44. The first-order valence-corrected chi connectivity index (χ1v) is 10.5. The average Bonchev–Trinajstić information content (AvgIpc) is 3.50. The van der Waals surface area contributed by atoms with Crippen LogP contribution in [0.3, 0.4) is 0 Å². The first kappa shape index (κ1) is 18.1. The fourth-order valence-electron chi connectivity index (χ4n) is 4.72. The molecule has 0 saturated carbocycles. The molecule has 1 amide bonds. The van der Waals surface area contributed by atoms with Gasteiger partial charge in [-0.2, -0.15) is 10.2 Å². The lowest BCUT2D eigenvalue weighted by Gasteiger charge is -2.36. The van der Waals surface area contributed by atoms with Crippen molar-refractivity contribution in [3.8, 4) is 28.3 Å². The molecule has 1 N–H and O–H groups in total. The predicted octanol–water partition coefficient (Wildman–Crippen LogP) is 3.00. The van der Waals surface area contributed by atoms with Crippen LogP contribution in [0.1, 0.15) is 23.6 Å². The fraction of sp³-hybridized carbons (Fsp3) is 0.304. The van der Waals surface area contributed by atoms with Crippen LogP contribution in [-0.2, 0) is 17.6 Å². The van der Waals surface area contributed by atoms with E-state index in [1.807, 2.05) is 23.1 Å². The summed E-state index contributed by atoms with van der Waals surface area (Å²) in [5, 5.41) is 12.1. The van der Waals surface area contributed by atoms with E-state index in [-0.39, 0.29) is 6.04 Å². The minimum Gasteiger partial charge on any atom is -0.494 e. The number of carbonyl (C=O) groups excluding carboxylic acids is 1. The summed E-state index contributed by atoms with van der Waals surface area (Å²) in [6, 6.07) is 8.63. The third-order valence-electron chi connectivity index (χ3n) is 6.41. The number of pyridine rings is 1. The number of H-pyrrole nitrogens is 1. The number of ether oxygens (including phenoxy) is 1. The van der Waals surface area contributed by atoms with E-state index in [4.69, 9.17) is 9.72 Å². The number of amides is 1. The normalized spacial score (nSPS) is 15.8. The summed E-state index contributed by atoms with van der Waals surface area (Å²) >= 11 is 0. The van der Waals surface area contributed by atoms with Crippen LogP contribution < -0.4 is 4.74 Å². The van der Waals surface area contributed by atoms with Gasteiger partial charge in [0.2, 0.25) is 6.41 Å². The number of fused-ring (bicyclic) bond motifs is 2. The van der Waals surface area contributed by atoms with Crippen molar-refractivity contribution >= 4 is 17.4 Å². The summed E-state index contributed by atoms with van der Waals surface area (Å²) < 4.78 is 7.61. The van der Waals surface area contributed by atoms with E-state index in [1.165, 1.54) is 17.5 Å². The zero-order valence-corrected chi connectivity index (χ0v) is 17.2. The van der Waals surface area contributed by atoms with Crippen molar-refractivity contribution in [2.24, 2.45) is 0 Å². The summed E-state index contributed by atoms with van der Waals surface area (Å²) in [5.41, 5.74) is 8.06. The third-order valence-corrected chi connectivity index (χ3v) is 6.41. The molecule has 1 aliphatic carbocycles. The molecular weight excluding hydrogens is 392 g/mol. The van der Waals surface area contributed by atoms with E-state index in [0.717, 1.165) is 58.5 Å². The van der Waals surface area contributed by atoms with Gasteiger partial charge in [-0.1, -0.05) is 18.2 Å². The molecule has 1 aromatic carbocycles. The number of likely N-dealkylation sites (tertiary alicyclic amines) is 1. The zero-order chi connectivity index (χ0) is 20.9. The molecule has 0 unspecified atom stereocenters. The molecular formula is C23H22N6O2. The number of benzene rings is 1. The minimum atomic E-state index is 0.208. The molecule has 31 heavy (non-hydrogen) atoms. The summed E-state index contributed by atoms with van der Waals surface area (Å²) in [5.74, 6) is 0.738. The fourth-order valence-corrected chi connectivity index (χ4v) is 4.72. The number of aromatic amines is 1. The van der Waals surface area contributed by atoms with Gasteiger partial charge in [0.15, 0.2) is 0 Å². The monoisotopic (exact) mass is 414 g/mol. The molecule has 0 spiro atoms. The second-order valence-electron chi connectivity index (χ2n) is 8.23. The molecule has 8 heteroatoms. The number of nitrogens with one attached hydrogen (secondary N) is 1. The number of nitrogens with zero attached hydrogens (tertiary/aromatic N) is 5. The number of aryl methyl sites for hydroxylation is 1. The highest BCUT2D eigenvalue weighted by atomic mass is 16.5. The highest BCUT2D eigenvalue weighted by Crippen LogP contribution is 2.38. The lowest BCUT2D eigenvalue weighted by atomic mass is 9.99. The highest BCUT2D eigenvalue weighted by Gasteiger charge is 2.28. The summed E-state index contributed by atoms with van der Waals surface area (Å²) in [4.78, 5) is 17.6. The Hall–Kier alpha value is -3.68. The molecule has 1 saturated heterocycles. The van der Waals surface area contributed by atoms with Crippen LogP contribution >= 0.6 is 0 Å². The van der Waals surface area contributed by atoms with E-state index in [0.29, 0.717) is 13.1 Å². The number of rotatable bonds is 5. The number of carbonyl (C=O) groups is 1. The first-order valence-electron chi connectivity index (χ1n) is 10.5. The number of hydrogen-bond donors (Lipinski definition) is 1. The Morgan fingerprint density at radius 3 is 2.97 bits per heavy atom. The topological polar surface area (TPSA) is 88.9 Å². The smallest absolute Gasteiger partial charge is 0.209 e. The Kier molecular flexibility index (Phi) is 4.05. The number of methoxy groups -OCH3 is 1. The Bertz CT molecular complexity index is 1300. The van der Waals surface area contributed by atoms with Crippen LogP contribution in [0.25, 0.3) is 33.5 Å². The van der Waals surface area contributed by atoms with Gasteiger partial charge in [-0.15, -0.1) is 0 Å². The van der Waals surface area contributed by atoms with Crippen molar-refractivity contribution in [2.75, 3.05) is 20.2 Å². The molecule has 0 atom stereocenters. The maximum atomic E-state index is 10.8. The van der Waals surface area contributed by atoms with Crippen LogP contribution in [-0.4, -0.2) is 56.5 Å². The van der Waals surface area contributed by atoms with Gasteiger partial charge in [0, 0.05) is 36.5 Å². The van der Waals surface area contributed by atoms with Gasteiger partial charge in [0.05, 0.1) is 24.9 Å². The average molecular weight is 414 g/mol. The van der Waals surface area contributed by atoms with E-state index in [1.54, 1.807) is 12.0 Å². The molecule has 1 aliphatic heterocycles. The molecule has 4 heterocycles. The lowest BCUT2D eigenvalue weighted by Crippen LogP contribution is -2.46. The molecule has 3 aromatic heterocycles. The number of hydrogen-bond acceptors (Lipinski definition) is 5. The van der Waals surface area contributed by atoms with Crippen LogP contribution in [0.2, 0.25) is 0 Å². The maximum Gasteiger partial charge on any atom is 0.209 e. The van der Waals surface area contributed by atoms with Gasteiger partial charge in [-0.25, -0.2) is 4.98 Å². The lowest BCUT2D eigenvalue weighted by molar-refractivity contribution is -0.123. The highest BCUT2D eigenvalue weighted by molar-refractivity contribution is 5.92. The SMILES string of the molecule is COc1cc2[nH]nc(-c3cnn(C4CN(C=O)C4)c3)c2nc1-c1cccc2c1CCC2. The molecule has 6 rings (SSSR count). The van der Waals surface area contributed by atoms with Crippen molar-refractivity contribution in [2.45, 2.75) is 25.3 Å². The van der Waals surface area contributed by atoms with Gasteiger partial charge < -0.3 is 9.64 Å². The van der Waals surface area contributed by atoms with E-state index < -0.39 is 0 Å². The Labute approximate surface area is 178 Å². The van der Waals surface area contributed by atoms with Crippen LogP contribution in [0.15, 0.2) is 36.7 Å². The largest absolute Gasteiger partial charge is 0.494 e. The quantitative estimate of drug-likeness (QED) is 0.507. The van der Waals surface area contributed by atoms with Crippen molar-refractivity contribution in [3.05, 3.63) is 47.8 Å². The van der Waals surface area contributed by atoms with Gasteiger partial charge in [0.1, 0.15) is 22.7 Å². The standard InChI is InChI=1S/C23H22N6O2/c1-31-20-8-19-23(25-22(20)18-7-3-5-14-4-2-6-17(14)18)21(27-26-19)15-9-24-29(10-15)16-11-28(12-16)13-30/h3,5,7-10,13,16H,2,4,6,11-12H2,1H3,(H,26,27). The van der Waals surface area contributed by atoms with E-state index >= 15 is 0 Å². The third kappa shape index (κ3) is 2.82. The van der Waals surface area contributed by atoms with Crippen LogP contribution in [0, 0.1) is 0 Å². The minimum absolute atomic E-state index is 0.208. The molecule has 0 bridgehead atoms. The first-order chi connectivity index (χ1) is 15.2. The van der Waals surface area contributed by atoms with E-state index in [2.05, 4.69) is 33.5 Å². The van der Waals surface area contributed by atoms with Crippen molar-refractivity contribution in [1.29, 1.82) is 0 Å². The summed E-state index contributed by atoms with van der Waals surface area (Å²) in [6.07, 6.45) is 8.03. The van der Waals surface area contributed by atoms with Gasteiger partial charge in [-0.05, 0) is 30.4 Å². The van der Waals surface area contributed by atoms with Crippen molar-refractivity contribution in [3.63, 3.8) is 0 Å². The molecule has 0 radical (unpaired) electrons. The second kappa shape index (κ2) is 6.94. The molecule has 2 aliphatic rings. The zero-order valence-electron chi connectivity index (χ0n) is 17.2. The van der Waals surface area contributed by atoms with Crippen molar-refractivity contribution < 1.29 is 9.53 Å². The van der Waals surface area contributed by atoms with Crippen LogP contribution in [0.4, 0.5) is 0 Å². The van der Waals surface area contributed by atoms with Gasteiger partial charge >= 0.3 is 0 Å². The molecule has 156 valence electrons. The predicted molar refractivity (Wildman–Crippen MR) is 116 cm³/mol. The number of aromatic nitrogens is 5. The second-order valence-corrected chi connectivity index (χ2v) is 8.23. The summed E-state index contributed by atoms with van der Waals surface area (Å²) in [7, 11) is 1.68. The summed E-state index contributed by atoms with van der Waals surface area (Å²) in [6.45, 7) is 1.37. The van der Waals surface area contributed by atoms with E-state index in [9.17, 15) is 4.79 Å². The molecule has 8 nitrogen and oxygen atoms in total. The Morgan fingerprint density at radius 2 is 2.13 bits per heavy atom. The molecule has 1 fully saturated rings.